The van der Waals surface area contributed by atoms with Crippen molar-refractivity contribution in [2.75, 3.05) is 11.4 Å². The molecule has 8 heteroatoms. The molecule has 0 atom stereocenters. The van der Waals surface area contributed by atoms with Gasteiger partial charge in [0.05, 0.1) is 16.8 Å². The molecule has 3 aromatic rings. The maximum absolute atomic E-state index is 13.1. The smallest absolute Gasteiger partial charge is 0.249 e. The molecular weight excluding hydrogens is 376 g/mol. The van der Waals surface area contributed by atoms with Crippen molar-refractivity contribution < 1.29 is 14.4 Å². The van der Waals surface area contributed by atoms with E-state index >= 15 is 0 Å². The summed E-state index contributed by atoms with van der Waals surface area (Å²) in [4.78, 5) is 48.2. The fourth-order valence-corrected chi connectivity index (χ4v) is 4.17. The molecule has 1 saturated heterocycles. The summed E-state index contributed by atoms with van der Waals surface area (Å²) < 4.78 is 0.979. The average molecular weight is 394 g/mol. The van der Waals surface area contributed by atoms with Crippen LogP contribution in [0.4, 0.5) is 5.13 Å². The van der Waals surface area contributed by atoms with E-state index in [9.17, 15) is 14.4 Å². The number of hydrogen-bond acceptors (Lipinski definition) is 6. The van der Waals surface area contributed by atoms with Crippen molar-refractivity contribution in [2.45, 2.75) is 26.3 Å². The number of hydrogen-bond donors (Lipinski definition) is 0. The zero-order valence-corrected chi connectivity index (χ0v) is 16.1. The maximum atomic E-state index is 13.1. The first-order valence-corrected chi connectivity index (χ1v) is 9.72. The Morgan fingerprint density at radius 1 is 1.21 bits per heavy atom. The number of amides is 3. The molecule has 3 amide bonds. The van der Waals surface area contributed by atoms with Gasteiger partial charge in [0.25, 0.3) is 0 Å². The number of fused-ring (bicyclic) bond motifs is 1. The lowest BCUT2D eigenvalue weighted by molar-refractivity contribution is -0.141. The third-order valence-electron chi connectivity index (χ3n) is 4.58. The Balaban J connectivity index is 1.67. The van der Waals surface area contributed by atoms with Crippen LogP contribution in [0.5, 0.6) is 0 Å². The van der Waals surface area contributed by atoms with Crippen LogP contribution in [0, 0.1) is 6.92 Å². The summed E-state index contributed by atoms with van der Waals surface area (Å²) in [6, 6.07) is 9.59. The Kier molecular flexibility index (Phi) is 4.87. The summed E-state index contributed by atoms with van der Waals surface area (Å²) in [5.41, 5.74) is 2.76. The number of likely N-dealkylation sites (tertiary alicyclic amines) is 1. The average Bonchev–Trinajstić information content (AvgIpc) is 3.24. The van der Waals surface area contributed by atoms with Crippen molar-refractivity contribution in [1.82, 2.24) is 14.9 Å². The predicted octanol–water partition coefficient (Wildman–Crippen LogP) is 2.68. The van der Waals surface area contributed by atoms with Gasteiger partial charge in [-0.15, -0.1) is 0 Å². The molecule has 4 rings (SSSR count). The van der Waals surface area contributed by atoms with Gasteiger partial charge in [0.2, 0.25) is 17.7 Å². The molecule has 0 bridgehead atoms. The zero-order valence-electron chi connectivity index (χ0n) is 15.3. The second-order valence-corrected chi connectivity index (χ2v) is 7.69. The van der Waals surface area contributed by atoms with Crippen LogP contribution in [-0.2, 0) is 20.9 Å². The third kappa shape index (κ3) is 3.63. The Bertz CT molecular complexity index is 1050. The molecule has 0 spiro atoms. The summed E-state index contributed by atoms with van der Waals surface area (Å²) in [5, 5.41) is 0.536. The monoisotopic (exact) mass is 394 g/mol. The number of thiazole rings is 1. The van der Waals surface area contributed by atoms with Gasteiger partial charge < -0.3 is 0 Å². The van der Waals surface area contributed by atoms with Crippen LogP contribution in [0.3, 0.4) is 0 Å². The van der Waals surface area contributed by atoms with Gasteiger partial charge in [-0.1, -0.05) is 23.5 Å². The van der Waals surface area contributed by atoms with E-state index in [-0.39, 0.29) is 43.7 Å². The number of aryl methyl sites for hydroxylation is 1. The van der Waals surface area contributed by atoms with Crippen LogP contribution in [0.25, 0.3) is 10.2 Å². The maximum Gasteiger partial charge on any atom is 0.249 e. The summed E-state index contributed by atoms with van der Waals surface area (Å²) >= 11 is 1.41. The minimum atomic E-state index is -0.344. The number of carbonyl (C=O) groups is 3. The molecule has 0 unspecified atom stereocenters. The molecule has 7 nitrogen and oxygen atoms in total. The first kappa shape index (κ1) is 18.2. The molecule has 2 aromatic heterocycles. The first-order valence-electron chi connectivity index (χ1n) is 8.91. The van der Waals surface area contributed by atoms with Gasteiger partial charge in [0, 0.05) is 25.2 Å². The van der Waals surface area contributed by atoms with Gasteiger partial charge >= 0.3 is 0 Å². The van der Waals surface area contributed by atoms with E-state index < -0.39 is 0 Å². The molecule has 0 aliphatic carbocycles. The molecule has 28 heavy (non-hydrogen) atoms. The number of pyridine rings is 1. The molecule has 1 aliphatic heterocycles. The van der Waals surface area contributed by atoms with Crippen LogP contribution in [0.15, 0.2) is 42.7 Å². The highest BCUT2D eigenvalue weighted by Crippen LogP contribution is 2.30. The standard InChI is InChI=1S/C20H18N4O3S/c1-13-4-5-15-16(9-13)28-20(22-15)24(11-14-3-2-8-21-10-14)19(27)12-23-17(25)6-7-18(23)26/h2-5,8-10H,6-7,11-12H2,1H3. The van der Waals surface area contributed by atoms with E-state index in [1.165, 1.54) is 16.2 Å². The highest BCUT2D eigenvalue weighted by molar-refractivity contribution is 7.22. The molecule has 1 aliphatic rings. The van der Waals surface area contributed by atoms with E-state index in [0.29, 0.717) is 5.13 Å². The second-order valence-electron chi connectivity index (χ2n) is 6.68. The number of benzene rings is 1. The van der Waals surface area contributed by atoms with E-state index in [4.69, 9.17) is 0 Å². The van der Waals surface area contributed by atoms with Crippen LogP contribution in [0.1, 0.15) is 24.0 Å². The van der Waals surface area contributed by atoms with E-state index in [0.717, 1.165) is 26.2 Å². The van der Waals surface area contributed by atoms with Crippen molar-refractivity contribution in [3.8, 4) is 0 Å². The molecule has 3 heterocycles. The Morgan fingerprint density at radius 3 is 2.71 bits per heavy atom. The predicted molar refractivity (Wildman–Crippen MR) is 106 cm³/mol. The summed E-state index contributed by atoms with van der Waals surface area (Å²) in [6.07, 6.45) is 3.67. The lowest BCUT2D eigenvalue weighted by Gasteiger charge is -2.22. The van der Waals surface area contributed by atoms with Gasteiger partial charge in [0.1, 0.15) is 6.54 Å². The first-order chi connectivity index (χ1) is 13.5. The highest BCUT2D eigenvalue weighted by Gasteiger charge is 2.32. The van der Waals surface area contributed by atoms with Gasteiger partial charge in [-0.25, -0.2) is 4.98 Å². The number of carbonyl (C=O) groups excluding carboxylic acids is 3. The number of aromatic nitrogens is 2. The van der Waals surface area contributed by atoms with Gasteiger partial charge in [-0.05, 0) is 36.2 Å². The SMILES string of the molecule is Cc1ccc2nc(N(Cc3cccnc3)C(=O)CN3C(=O)CCC3=O)sc2c1. The van der Waals surface area contributed by atoms with Crippen molar-refractivity contribution in [3.63, 3.8) is 0 Å². The number of nitrogens with zero attached hydrogens (tertiary/aromatic N) is 4. The molecule has 142 valence electrons. The minimum absolute atomic E-state index is 0.162. The van der Waals surface area contributed by atoms with Crippen LogP contribution >= 0.6 is 11.3 Å². The number of rotatable bonds is 5. The van der Waals surface area contributed by atoms with Crippen LogP contribution in [-0.4, -0.2) is 39.1 Å². The number of imide groups is 1. The Morgan fingerprint density at radius 2 is 2.00 bits per heavy atom. The van der Waals surface area contributed by atoms with Gasteiger partial charge in [0.15, 0.2) is 5.13 Å². The second kappa shape index (κ2) is 7.47. The Hall–Kier alpha value is -3.13. The molecule has 1 fully saturated rings. The van der Waals surface area contributed by atoms with Crippen molar-refractivity contribution >= 4 is 44.4 Å². The normalized spacial score (nSPS) is 14.1. The van der Waals surface area contributed by atoms with Crippen molar-refractivity contribution in [1.29, 1.82) is 0 Å². The summed E-state index contributed by atoms with van der Waals surface area (Å²) in [6.45, 7) is 2.00. The summed E-state index contributed by atoms with van der Waals surface area (Å²) in [5.74, 6) is -0.956. The molecule has 1 aromatic carbocycles. The number of anilines is 1. The summed E-state index contributed by atoms with van der Waals surface area (Å²) in [7, 11) is 0. The molecule has 0 N–H and O–H groups in total. The third-order valence-corrected chi connectivity index (χ3v) is 5.62. The van der Waals surface area contributed by atoms with Crippen LogP contribution in [0.2, 0.25) is 0 Å². The van der Waals surface area contributed by atoms with Gasteiger partial charge in [-0.3, -0.25) is 29.2 Å². The molecule has 0 saturated carbocycles. The largest absolute Gasteiger partial charge is 0.282 e. The van der Waals surface area contributed by atoms with E-state index in [1.54, 1.807) is 18.5 Å². The molecular formula is C20H18N4O3S. The lowest BCUT2D eigenvalue weighted by Crippen LogP contribution is -2.42. The highest BCUT2D eigenvalue weighted by atomic mass is 32.1. The Labute approximate surface area is 165 Å². The quantitative estimate of drug-likeness (QED) is 0.621. The van der Waals surface area contributed by atoms with Crippen molar-refractivity contribution in [3.05, 3.63) is 53.9 Å². The molecule has 0 radical (unpaired) electrons. The van der Waals surface area contributed by atoms with E-state index in [1.807, 2.05) is 31.2 Å². The van der Waals surface area contributed by atoms with Crippen molar-refractivity contribution in [2.24, 2.45) is 0 Å². The fraction of sp³-hybridized carbons (Fsp3) is 0.250. The minimum Gasteiger partial charge on any atom is -0.282 e. The topological polar surface area (TPSA) is 83.5 Å². The fourth-order valence-electron chi connectivity index (χ4n) is 3.09. The van der Waals surface area contributed by atoms with E-state index in [2.05, 4.69) is 9.97 Å². The van der Waals surface area contributed by atoms with Gasteiger partial charge in [-0.2, -0.15) is 0 Å². The lowest BCUT2D eigenvalue weighted by atomic mass is 10.2. The zero-order chi connectivity index (χ0) is 19.7. The van der Waals surface area contributed by atoms with Crippen LogP contribution < -0.4 is 4.90 Å².